The number of fused-ring (bicyclic) bond motifs is 1. The predicted molar refractivity (Wildman–Crippen MR) is 101 cm³/mol. The van der Waals surface area contributed by atoms with Crippen LogP contribution in [0.4, 0.5) is 0 Å². The van der Waals surface area contributed by atoms with Crippen molar-refractivity contribution >= 4 is 5.57 Å². The molecule has 0 spiro atoms. The molecule has 120 valence electrons. The summed E-state index contributed by atoms with van der Waals surface area (Å²) in [5, 5.41) is 0. The average Bonchev–Trinajstić information content (AvgIpc) is 2.54. The molecule has 1 aliphatic carbocycles. The Bertz CT molecular complexity index is 686. The third-order valence-corrected chi connectivity index (χ3v) is 4.83. The van der Waals surface area contributed by atoms with Gasteiger partial charge in [0.25, 0.3) is 0 Å². The molecule has 0 unspecified atom stereocenters. The zero-order valence-corrected chi connectivity index (χ0v) is 14.7. The van der Waals surface area contributed by atoms with Gasteiger partial charge in [-0.05, 0) is 78.3 Å². The lowest BCUT2D eigenvalue weighted by molar-refractivity contribution is 0.647. The fraction of sp³-hybridized carbons (Fsp3) is 0.391. The zero-order chi connectivity index (χ0) is 16.2. The van der Waals surface area contributed by atoms with Crippen molar-refractivity contribution in [2.75, 3.05) is 0 Å². The van der Waals surface area contributed by atoms with E-state index in [1.807, 2.05) is 0 Å². The van der Waals surface area contributed by atoms with Crippen LogP contribution in [0.5, 0.6) is 0 Å². The zero-order valence-electron chi connectivity index (χ0n) is 14.7. The SMILES string of the molecule is CC1=CCCc2cc(CCc3ccc(CC(C)C)cc3)ccc21. The molecule has 1 aliphatic rings. The number of hydrogen-bond donors (Lipinski definition) is 0. The third kappa shape index (κ3) is 4.13. The summed E-state index contributed by atoms with van der Waals surface area (Å²) in [6.07, 6.45) is 8.21. The molecule has 0 N–H and O–H groups in total. The Morgan fingerprint density at radius 1 is 0.870 bits per heavy atom. The molecular weight excluding hydrogens is 276 g/mol. The maximum absolute atomic E-state index is 2.43. The van der Waals surface area contributed by atoms with Crippen LogP contribution in [0.15, 0.2) is 48.5 Å². The summed E-state index contributed by atoms with van der Waals surface area (Å²) in [7, 11) is 0. The largest absolute Gasteiger partial charge is 0.0807 e. The number of benzene rings is 2. The smallest absolute Gasteiger partial charge is 0.0198 e. The van der Waals surface area contributed by atoms with Crippen LogP contribution in [-0.2, 0) is 25.7 Å². The molecule has 2 aromatic rings. The van der Waals surface area contributed by atoms with Gasteiger partial charge >= 0.3 is 0 Å². The van der Waals surface area contributed by atoms with Crippen LogP contribution in [0.2, 0.25) is 0 Å². The molecule has 0 aliphatic heterocycles. The summed E-state index contributed by atoms with van der Waals surface area (Å²) in [6.45, 7) is 6.79. The summed E-state index contributed by atoms with van der Waals surface area (Å²) < 4.78 is 0. The van der Waals surface area contributed by atoms with Crippen LogP contribution < -0.4 is 0 Å². The molecule has 2 aromatic carbocycles. The van der Waals surface area contributed by atoms with Gasteiger partial charge in [-0.1, -0.05) is 62.4 Å². The first-order valence-electron chi connectivity index (χ1n) is 8.98. The van der Waals surface area contributed by atoms with Crippen molar-refractivity contribution < 1.29 is 0 Å². The minimum atomic E-state index is 0.730. The van der Waals surface area contributed by atoms with Gasteiger partial charge in [-0.2, -0.15) is 0 Å². The van der Waals surface area contributed by atoms with E-state index in [9.17, 15) is 0 Å². The van der Waals surface area contributed by atoms with E-state index in [4.69, 9.17) is 0 Å². The van der Waals surface area contributed by atoms with E-state index >= 15 is 0 Å². The van der Waals surface area contributed by atoms with Gasteiger partial charge in [-0.15, -0.1) is 0 Å². The Labute approximate surface area is 141 Å². The number of rotatable bonds is 5. The van der Waals surface area contributed by atoms with Crippen molar-refractivity contribution in [1.82, 2.24) is 0 Å². The molecule has 3 rings (SSSR count). The van der Waals surface area contributed by atoms with Crippen molar-refractivity contribution in [2.45, 2.75) is 52.9 Å². The summed E-state index contributed by atoms with van der Waals surface area (Å²) in [5.41, 5.74) is 8.82. The molecule has 23 heavy (non-hydrogen) atoms. The van der Waals surface area contributed by atoms with Gasteiger partial charge in [-0.3, -0.25) is 0 Å². The molecule has 0 aromatic heterocycles. The van der Waals surface area contributed by atoms with Gasteiger partial charge < -0.3 is 0 Å². The van der Waals surface area contributed by atoms with Crippen molar-refractivity contribution in [3.05, 3.63) is 76.4 Å². The molecule has 0 atom stereocenters. The Morgan fingerprint density at radius 3 is 2.26 bits per heavy atom. The highest BCUT2D eigenvalue weighted by molar-refractivity contribution is 5.68. The lowest BCUT2D eigenvalue weighted by Gasteiger charge is -2.16. The molecule has 0 amide bonds. The van der Waals surface area contributed by atoms with Gasteiger partial charge in [0.05, 0.1) is 0 Å². The molecule has 0 saturated carbocycles. The predicted octanol–water partition coefficient (Wildman–Crippen LogP) is 6.02. The van der Waals surface area contributed by atoms with E-state index in [1.165, 1.54) is 52.7 Å². The van der Waals surface area contributed by atoms with E-state index in [1.54, 1.807) is 0 Å². The average molecular weight is 304 g/mol. The Balaban J connectivity index is 1.63. The van der Waals surface area contributed by atoms with Crippen LogP contribution in [0, 0.1) is 5.92 Å². The molecule has 0 heterocycles. The highest BCUT2D eigenvalue weighted by Gasteiger charge is 2.09. The van der Waals surface area contributed by atoms with E-state index in [0.29, 0.717) is 0 Å². The summed E-state index contributed by atoms with van der Waals surface area (Å²) >= 11 is 0. The Kier molecular flexibility index (Phi) is 5.00. The summed E-state index contributed by atoms with van der Waals surface area (Å²) in [6, 6.07) is 16.3. The van der Waals surface area contributed by atoms with Crippen LogP contribution in [0.3, 0.4) is 0 Å². The van der Waals surface area contributed by atoms with E-state index in [-0.39, 0.29) is 0 Å². The second-order valence-corrected chi connectivity index (χ2v) is 7.33. The highest BCUT2D eigenvalue weighted by atomic mass is 14.1. The standard InChI is InChI=1S/C23H28/c1-17(2)15-20-10-7-19(8-11-20)9-12-21-13-14-23-18(3)5-4-6-22(23)16-21/h5,7-8,10-11,13-14,16-17H,4,6,9,12,15H2,1-3H3. The lowest BCUT2D eigenvalue weighted by Crippen LogP contribution is -2.00. The second-order valence-electron chi connectivity index (χ2n) is 7.33. The van der Waals surface area contributed by atoms with Gasteiger partial charge in [0.1, 0.15) is 0 Å². The maximum Gasteiger partial charge on any atom is -0.0198 e. The summed E-state index contributed by atoms with van der Waals surface area (Å²) in [5.74, 6) is 0.730. The van der Waals surface area contributed by atoms with E-state index in [0.717, 1.165) is 18.8 Å². The quantitative estimate of drug-likeness (QED) is 0.633. The minimum Gasteiger partial charge on any atom is -0.0807 e. The van der Waals surface area contributed by atoms with Crippen molar-refractivity contribution in [3.8, 4) is 0 Å². The molecular formula is C23H28. The first-order valence-corrected chi connectivity index (χ1v) is 8.98. The monoisotopic (exact) mass is 304 g/mol. The maximum atomic E-state index is 2.43. The molecule has 0 saturated heterocycles. The van der Waals surface area contributed by atoms with Crippen LogP contribution in [0.1, 0.15) is 55.0 Å². The fourth-order valence-electron chi connectivity index (χ4n) is 3.55. The molecule has 0 radical (unpaired) electrons. The van der Waals surface area contributed by atoms with Crippen molar-refractivity contribution in [2.24, 2.45) is 5.92 Å². The van der Waals surface area contributed by atoms with Gasteiger partial charge in [0.15, 0.2) is 0 Å². The summed E-state index contributed by atoms with van der Waals surface area (Å²) in [4.78, 5) is 0. The number of aryl methyl sites for hydroxylation is 3. The van der Waals surface area contributed by atoms with Gasteiger partial charge in [-0.25, -0.2) is 0 Å². The highest BCUT2D eigenvalue weighted by Crippen LogP contribution is 2.27. The van der Waals surface area contributed by atoms with Crippen molar-refractivity contribution in [3.63, 3.8) is 0 Å². The number of hydrogen-bond acceptors (Lipinski definition) is 0. The van der Waals surface area contributed by atoms with Crippen molar-refractivity contribution in [1.29, 1.82) is 0 Å². The molecule has 0 fully saturated rings. The molecule has 0 heteroatoms. The third-order valence-electron chi connectivity index (χ3n) is 4.83. The number of allylic oxidation sites excluding steroid dienone is 2. The van der Waals surface area contributed by atoms with Gasteiger partial charge in [0.2, 0.25) is 0 Å². The first-order chi connectivity index (χ1) is 11.1. The van der Waals surface area contributed by atoms with Crippen LogP contribution in [-0.4, -0.2) is 0 Å². The minimum absolute atomic E-state index is 0.730. The Morgan fingerprint density at radius 2 is 1.52 bits per heavy atom. The van der Waals surface area contributed by atoms with Crippen LogP contribution in [0.25, 0.3) is 5.57 Å². The lowest BCUT2D eigenvalue weighted by atomic mass is 9.89. The van der Waals surface area contributed by atoms with E-state index in [2.05, 4.69) is 69.3 Å². The van der Waals surface area contributed by atoms with Gasteiger partial charge in [0, 0.05) is 0 Å². The topological polar surface area (TPSA) is 0 Å². The molecule has 0 bridgehead atoms. The normalized spacial score (nSPS) is 13.8. The van der Waals surface area contributed by atoms with Crippen LogP contribution >= 0.6 is 0 Å². The second kappa shape index (κ2) is 7.17. The van der Waals surface area contributed by atoms with E-state index < -0.39 is 0 Å². The molecule has 0 nitrogen and oxygen atoms in total. The first kappa shape index (κ1) is 16.1. The fourth-order valence-corrected chi connectivity index (χ4v) is 3.55. The Hall–Kier alpha value is -1.82.